The van der Waals surface area contributed by atoms with Gasteiger partial charge in [-0.15, -0.1) is 0 Å². The number of non-ortho nitro benzene ring substituents is 1. The van der Waals surface area contributed by atoms with Crippen LogP contribution in [0.3, 0.4) is 0 Å². The lowest BCUT2D eigenvalue weighted by molar-refractivity contribution is -0.384. The van der Waals surface area contributed by atoms with Crippen molar-refractivity contribution in [2.75, 3.05) is 5.32 Å². The summed E-state index contributed by atoms with van der Waals surface area (Å²) < 4.78 is 5.96. The van der Waals surface area contributed by atoms with Gasteiger partial charge >= 0.3 is 0 Å². The van der Waals surface area contributed by atoms with Crippen LogP contribution in [0.2, 0.25) is 0 Å². The predicted molar refractivity (Wildman–Crippen MR) is 64.1 cm³/mol. The van der Waals surface area contributed by atoms with Gasteiger partial charge in [-0.3, -0.25) is 14.9 Å². The number of amides is 1. The molecule has 0 atom stereocenters. The molecule has 0 aromatic heterocycles. The number of anilines is 1. The van der Waals surface area contributed by atoms with Gasteiger partial charge in [-0.2, -0.15) is 0 Å². The van der Waals surface area contributed by atoms with Crippen molar-refractivity contribution in [3.63, 3.8) is 0 Å². The summed E-state index contributed by atoms with van der Waals surface area (Å²) in [4.78, 5) is 21.8. The highest BCUT2D eigenvalue weighted by Gasteiger charge is 2.37. The highest BCUT2D eigenvalue weighted by molar-refractivity contribution is 9.10. The first kappa shape index (κ1) is 11.8. The summed E-state index contributed by atoms with van der Waals surface area (Å²) in [6.07, 6.45) is 0. The van der Waals surface area contributed by atoms with Crippen LogP contribution in [0.5, 0.6) is 5.75 Å². The minimum Gasteiger partial charge on any atom is -0.475 e. The zero-order valence-electron chi connectivity index (χ0n) is 9.11. The Morgan fingerprint density at radius 1 is 1.47 bits per heavy atom. The van der Waals surface area contributed by atoms with Crippen LogP contribution >= 0.6 is 15.9 Å². The molecule has 1 N–H and O–H groups in total. The Bertz CT molecular complexity index is 527. The molecule has 1 heterocycles. The summed E-state index contributed by atoms with van der Waals surface area (Å²) in [5.41, 5.74) is -0.805. The summed E-state index contributed by atoms with van der Waals surface area (Å²) in [6.45, 7) is 3.25. The molecule has 0 unspecified atom stereocenters. The molecule has 0 aliphatic carbocycles. The Kier molecular flexibility index (Phi) is 2.57. The molecule has 1 aromatic carbocycles. The van der Waals surface area contributed by atoms with Gasteiger partial charge in [0.05, 0.1) is 15.1 Å². The molecule has 0 bridgehead atoms. The number of carbonyl (C=O) groups excluding carboxylic acids is 1. The molecule has 1 amide bonds. The predicted octanol–water partition coefficient (Wildman–Crippen LogP) is 2.47. The molecule has 90 valence electrons. The van der Waals surface area contributed by atoms with Gasteiger partial charge in [0.1, 0.15) is 0 Å². The topological polar surface area (TPSA) is 81.5 Å². The standard InChI is InChI=1S/C10H9BrN2O4/c1-10(2)9(14)12-7-4-5(13(15)16)3-6(11)8(7)17-10/h3-4H,1-2H3,(H,12,14). The number of carbonyl (C=O) groups is 1. The van der Waals surface area contributed by atoms with E-state index in [1.54, 1.807) is 13.8 Å². The number of nitro benzene ring substituents is 1. The van der Waals surface area contributed by atoms with Crippen molar-refractivity contribution >= 4 is 33.2 Å². The van der Waals surface area contributed by atoms with Gasteiger partial charge < -0.3 is 10.1 Å². The number of benzene rings is 1. The molecular formula is C10H9BrN2O4. The fraction of sp³-hybridized carbons (Fsp3) is 0.300. The first-order valence-corrected chi connectivity index (χ1v) is 5.59. The summed E-state index contributed by atoms with van der Waals surface area (Å²) in [7, 11) is 0. The maximum absolute atomic E-state index is 11.6. The molecule has 1 aliphatic rings. The average molecular weight is 301 g/mol. The third-order valence-corrected chi connectivity index (χ3v) is 2.98. The third kappa shape index (κ3) is 1.97. The average Bonchev–Trinajstić information content (AvgIpc) is 2.20. The molecule has 6 nitrogen and oxygen atoms in total. The number of nitro groups is 1. The van der Waals surface area contributed by atoms with Gasteiger partial charge in [0.15, 0.2) is 11.4 Å². The van der Waals surface area contributed by atoms with Gasteiger partial charge in [0, 0.05) is 12.1 Å². The number of halogens is 1. The molecule has 17 heavy (non-hydrogen) atoms. The van der Waals surface area contributed by atoms with Gasteiger partial charge in [0.2, 0.25) is 0 Å². The van der Waals surface area contributed by atoms with Crippen LogP contribution in [0.4, 0.5) is 11.4 Å². The fourth-order valence-corrected chi connectivity index (χ4v) is 1.98. The number of nitrogens with one attached hydrogen (secondary N) is 1. The zero-order valence-corrected chi connectivity index (χ0v) is 10.7. The normalized spacial score (nSPS) is 16.8. The molecular weight excluding hydrogens is 292 g/mol. The molecule has 0 radical (unpaired) electrons. The minimum atomic E-state index is -0.994. The second-order valence-electron chi connectivity index (χ2n) is 4.13. The van der Waals surface area contributed by atoms with E-state index in [0.29, 0.717) is 15.9 Å². The maximum atomic E-state index is 11.6. The van der Waals surface area contributed by atoms with Crippen LogP contribution in [0.1, 0.15) is 13.8 Å². The fourth-order valence-electron chi connectivity index (χ4n) is 1.46. The van der Waals surface area contributed by atoms with E-state index in [-0.39, 0.29) is 11.6 Å². The highest BCUT2D eigenvalue weighted by atomic mass is 79.9. The molecule has 0 fully saturated rings. The van der Waals surface area contributed by atoms with Gasteiger partial charge in [0.25, 0.3) is 11.6 Å². The van der Waals surface area contributed by atoms with E-state index >= 15 is 0 Å². The van der Waals surface area contributed by atoms with Crippen molar-refractivity contribution in [3.8, 4) is 5.75 Å². The van der Waals surface area contributed by atoms with E-state index in [0.717, 1.165) is 0 Å². The van der Waals surface area contributed by atoms with Gasteiger partial charge in [-0.1, -0.05) is 0 Å². The van der Waals surface area contributed by atoms with Crippen molar-refractivity contribution in [2.45, 2.75) is 19.4 Å². The summed E-state index contributed by atoms with van der Waals surface area (Å²) in [6, 6.07) is 2.61. The Balaban J connectivity index is 2.55. The Morgan fingerprint density at radius 2 is 2.12 bits per heavy atom. The van der Waals surface area contributed by atoms with E-state index in [4.69, 9.17) is 4.74 Å². The van der Waals surface area contributed by atoms with Crippen LogP contribution in [0, 0.1) is 10.1 Å². The minimum absolute atomic E-state index is 0.112. The largest absolute Gasteiger partial charge is 0.475 e. The van der Waals surface area contributed by atoms with Crippen LogP contribution in [-0.4, -0.2) is 16.4 Å². The van der Waals surface area contributed by atoms with Gasteiger partial charge in [-0.05, 0) is 29.8 Å². The Labute approximate surface area is 105 Å². The Hall–Kier alpha value is -1.63. The SMILES string of the molecule is CC1(C)Oc2c(Br)cc([N+](=O)[O-])cc2NC1=O. The number of hydrogen-bond donors (Lipinski definition) is 1. The quantitative estimate of drug-likeness (QED) is 0.638. The zero-order chi connectivity index (χ0) is 12.8. The second kappa shape index (κ2) is 3.69. The smallest absolute Gasteiger partial charge is 0.272 e. The van der Waals surface area contributed by atoms with Gasteiger partial charge in [-0.25, -0.2) is 0 Å². The van der Waals surface area contributed by atoms with Crippen LogP contribution in [-0.2, 0) is 4.79 Å². The summed E-state index contributed by atoms with van der Waals surface area (Å²) >= 11 is 3.19. The van der Waals surface area contributed by atoms with Crippen molar-refractivity contribution in [1.82, 2.24) is 0 Å². The first-order chi connectivity index (χ1) is 7.81. The number of nitrogens with zero attached hydrogens (tertiary/aromatic N) is 1. The number of ether oxygens (including phenoxy) is 1. The maximum Gasteiger partial charge on any atom is 0.272 e. The van der Waals surface area contributed by atoms with E-state index in [2.05, 4.69) is 21.2 Å². The summed E-state index contributed by atoms with van der Waals surface area (Å²) in [5, 5.41) is 13.3. The lowest BCUT2D eigenvalue weighted by Crippen LogP contribution is -2.45. The van der Waals surface area contributed by atoms with E-state index in [1.807, 2.05) is 0 Å². The highest BCUT2D eigenvalue weighted by Crippen LogP contribution is 2.42. The van der Waals surface area contributed by atoms with Crippen LogP contribution in [0.15, 0.2) is 16.6 Å². The Morgan fingerprint density at radius 3 is 2.71 bits per heavy atom. The van der Waals surface area contributed by atoms with E-state index < -0.39 is 10.5 Å². The number of fused-ring (bicyclic) bond motifs is 1. The molecule has 1 aromatic rings. The molecule has 0 saturated carbocycles. The molecule has 2 rings (SSSR count). The molecule has 7 heteroatoms. The van der Waals surface area contributed by atoms with Crippen molar-refractivity contribution in [3.05, 3.63) is 26.7 Å². The number of hydrogen-bond acceptors (Lipinski definition) is 4. The van der Waals surface area contributed by atoms with E-state index in [1.165, 1.54) is 12.1 Å². The molecule has 0 spiro atoms. The third-order valence-electron chi connectivity index (χ3n) is 2.39. The van der Waals surface area contributed by atoms with Crippen LogP contribution < -0.4 is 10.1 Å². The van der Waals surface area contributed by atoms with Crippen molar-refractivity contribution < 1.29 is 14.5 Å². The first-order valence-electron chi connectivity index (χ1n) is 4.79. The van der Waals surface area contributed by atoms with Crippen molar-refractivity contribution in [2.24, 2.45) is 0 Å². The lowest BCUT2D eigenvalue weighted by Gasteiger charge is -2.31. The van der Waals surface area contributed by atoms with Crippen LogP contribution in [0.25, 0.3) is 0 Å². The second-order valence-corrected chi connectivity index (χ2v) is 4.98. The van der Waals surface area contributed by atoms with Crippen molar-refractivity contribution in [1.29, 1.82) is 0 Å². The summed E-state index contributed by atoms with van der Waals surface area (Å²) in [5.74, 6) is 0.0672. The lowest BCUT2D eigenvalue weighted by atomic mass is 10.1. The van der Waals surface area contributed by atoms with E-state index in [9.17, 15) is 14.9 Å². The molecule has 0 saturated heterocycles. The monoisotopic (exact) mass is 300 g/mol. The number of rotatable bonds is 1. The molecule has 1 aliphatic heterocycles.